The lowest BCUT2D eigenvalue weighted by atomic mass is 10.1. The van der Waals surface area contributed by atoms with Gasteiger partial charge in [-0.15, -0.1) is 0 Å². The van der Waals surface area contributed by atoms with Crippen molar-refractivity contribution in [2.45, 2.75) is 45.6 Å². The predicted octanol–water partition coefficient (Wildman–Crippen LogP) is 5.27. The van der Waals surface area contributed by atoms with E-state index in [0.29, 0.717) is 45.9 Å². The molecule has 0 aliphatic carbocycles. The van der Waals surface area contributed by atoms with Gasteiger partial charge in [0.05, 0.1) is 37.3 Å². The molecule has 0 spiro atoms. The van der Waals surface area contributed by atoms with Gasteiger partial charge >= 0.3 is 0 Å². The molecule has 0 fully saturated rings. The second-order valence-electron chi connectivity index (χ2n) is 8.61. The Balaban J connectivity index is 1.77. The van der Waals surface area contributed by atoms with Crippen LogP contribution in [0.5, 0.6) is 11.5 Å². The van der Waals surface area contributed by atoms with Crippen molar-refractivity contribution in [1.82, 2.24) is 24.1 Å². The van der Waals surface area contributed by atoms with Gasteiger partial charge in [-0.3, -0.25) is 13.9 Å². The van der Waals surface area contributed by atoms with Crippen LogP contribution in [0.3, 0.4) is 0 Å². The molecule has 3 heterocycles. The maximum Gasteiger partial charge on any atom is 0.265 e. The van der Waals surface area contributed by atoms with Crippen LogP contribution in [0.2, 0.25) is 0 Å². The van der Waals surface area contributed by atoms with Crippen LogP contribution in [0.15, 0.2) is 53.6 Å². The molecule has 8 nitrogen and oxygen atoms in total. The molecule has 0 saturated heterocycles. The highest BCUT2D eigenvalue weighted by molar-refractivity contribution is 6.06. The van der Waals surface area contributed by atoms with Gasteiger partial charge in [-0.2, -0.15) is 0 Å². The first-order valence-electron chi connectivity index (χ1n) is 12.0. The highest BCUT2D eigenvalue weighted by atomic mass is 16.5. The quantitative estimate of drug-likeness (QED) is 0.272. The van der Waals surface area contributed by atoms with Gasteiger partial charge in [0.25, 0.3) is 5.56 Å². The minimum absolute atomic E-state index is 0.110. The number of ether oxygens (including phenoxy) is 2. The van der Waals surface area contributed by atoms with Crippen molar-refractivity contribution in [3.63, 3.8) is 0 Å². The van der Waals surface area contributed by atoms with Crippen LogP contribution in [0.1, 0.15) is 39.0 Å². The van der Waals surface area contributed by atoms with E-state index in [4.69, 9.17) is 24.4 Å². The lowest BCUT2D eigenvalue weighted by Gasteiger charge is -2.13. The number of aryl methyl sites for hydroxylation is 1. The van der Waals surface area contributed by atoms with Crippen molar-refractivity contribution in [3.8, 4) is 17.2 Å². The highest BCUT2D eigenvalue weighted by Crippen LogP contribution is 2.34. The van der Waals surface area contributed by atoms with Crippen molar-refractivity contribution in [2.75, 3.05) is 14.2 Å². The largest absolute Gasteiger partial charge is 0.497 e. The summed E-state index contributed by atoms with van der Waals surface area (Å²) in [6, 6.07) is 13.2. The van der Waals surface area contributed by atoms with Crippen LogP contribution in [-0.2, 0) is 6.54 Å². The predicted molar refractivity (Wildman–Crippen MR) is 138 cm³/mol. The molecule has 0 atom stereocenters. The van der Waals surface area contributed by atoms with E-state index in [1.54, 1.807) is 25.1 Å². The molecule has 5 rings (SSSR count). The molecule has 0 aliphatic rings. The summed E-state index contributed by atoms with van der Waals surface area (Å²) in [5.41, 5.74) is 3.61. The number of aromatic nitrogens is 5. The lowest BCUT2D eigenvalue weighted by Crippen LogP contribution is -2.21. The molecule has 0 aliphatic heterocycles. The second-order valence-corrected chi connectivity index (χ2v) is 8.61. The van der Waals surface area contributed by atoms with E-state index >= 15 is 0 Å². The Kier molecular flexibility index (Phi) is 6.35. The van der Waals surface area contributed by atoms with Gasteiger partial charge in [-0.25, -0.2) is 15.0 Å². The zero-order valence-electron chi connectivity index (χ0n) is 20.3. The van der Waals surface area contributed by atoms with E-state index in [2.05, 4.69) is 6.92 Å². The minimum atomic E-state index is -0.110. The Morgan fingerprint density at radius 2 is 1.66 bits per heavy atom. The summed E-state index contributed by atoms with van der Waals surface area (Å²) >= 11 is 0. The first kappa shape index (κ1) is 22.8. The van der Waals surface area contributed by atoms with Crippen LogP contribution in [0.4, 0.5) is 0 Å². The van der Waals surface area contributed by atoms with Gasteiger partial charge < -0.3 is 9.47 Å². The smallest absolute Gasteiger partial charge is 0.265 e. The van der Waals surface area contributed by atoms with Gasteiger partial charge in [-0.05, 0) is 30.7 Å². The first-order chi connectivity index (χ1) is 17.2. The van der Waals surface area contributed by atoms with E-state index in [1.165, 1.54) is 19.3 Å². The normalized spacial score (nSPS) is 11.5. The Labute approximate surface area is 203 Å². The van der Waals surface area contributed by atoms with Crippen LogP contribution < -0.4 is 15.0 Å². The number of benzene rings is 2. The fourth-order valence-electron chi connectivity index (χ4n) is 4.52. The fourth-order valence-corrected chi connectivity index (χ4v) is 4.52. The standard InChI is InChI=1S/C27H29N5O3/c1-4-5-6-7-10-15-31-17-28-25-23(27(31)33)24-26(30-20-12-9-8-11-19(20)29-24)32(25)21-16-18(34-2)13-14-22(21)35-3/h8-9,11-14,16-17H,4-7,10,15H2,1-3H3. The fraction of sp³-hybridized carbons (Fsp3) is 0.333. The molecule has 8 heteroatoms. The number of fused-ring (bicyclic) bond motifs is 4. The summed E-state index contributed by atoms with van der Waals surface area (Å²) in [6.07, 6.45) is 7.23. The molecule has 35 heavy (non-hydrogen) atoms. The molecule has 2 aromatic carbocycles. The number of rotatable bonds is 9. The van der Waals surface area contributed by atoms with Crippen LogP contribution in [0.25, 0.3) is 38.9 Å². The molecule has 180 valence electrons. The average Bonchev–Trinajstić information content (AvgIpc) is 3.21. The topological polar surface area (TPSA) is 84.1 Å². The summed E-state index contributed by atoms with van der Waals surface area (Å²) in [6.45, 7) is 2.82. The van der Waals surface area contributed by atoms with E-state index in [9.17, 15) is 4.79 Å². The van der Waals surface area contributed by atoms with E-state index in [0.717, 1.165) is 23.9 Å². The van der Waals surface area contributed by atoms with Crippen molar-refractivity contribution in [2.24, 2.45) is 0 Å². The zero-order valence-corrected chi connectivity index (χ0v) is 20.3. The van der Waals surface area contributed by atoms with Crippen LogP contribution in [0, 0.1) is 0 Å². The molecule has 0 bridgehead atoms. The van der Waals surface area contributed by atoms with E-state index in [-0.39, 0.29) is 5.56 Å². The first-order valence-corrected chi connectivity index (χ1v) is 12.0. The molecular weight excluding hydrogens is 442 g/mol. The second kappa shape index (κ2) is 9.74. The third kappa shape index (κ3) is 4.09. The zero-order chi connectivity index (χ0) is 24.4. The summed E-state index contributed by atoms with van der Waals surface area (Å²) in [5, 5.41) is 0.458. The van der Waals surface area contributed by atoms with Gasteiger partial charge in [0.15, 0.2) is 11.3 Å². The van der Waals surface area contributed by atoms with Gasteiger partial charge in [0, 0.05) is 12.6 Å². The molecule has 5 aromatic rings. The molecule has 3 aromatic heterocycles. The molecule has 0 N–H and O–H groups in total. The van der Waals surface area contributed by atoms with Crippen molar-refractivity contribution in [1.29, 1.82) is 0 Å². The Bertz CT molecular complexity index is 1570. The van der Waals surface area contributed by atoms with Crippen molar-refractivity contribution in [3.05, 3.63) is 59.1 Å². The number of unbranched alkanes of at least 4 members (excludes halogenated alkanes) is 4. The average molecular weight is 472 g/mol. The monoisotopic (exact) mass is 471 g/mol. The third-order valence-electron chi connectivity index (χ3n) is 6.36. The highest BCUT2D eigenvalue weighted by Gasteiger charge is 2.23. The molecule has 0 unspecified atom stereocenters. The van der Waals surface area contributed by atoms with E-state index < -0.39 is 0 Å². The maximum absolute atomic E-state index is 13.7. The van der Waals surface area contributed by atoms with Crippen molar-refractivity contribution < 1.29 is 9.47 Å². The number of hydrogen-bond donors (Lipinski definition) is 0. The molecule has 0 saturated carbocycles. The maximum atomic E-state index is 13.7. The number of nitrogens with zero attached hydrogens (tertiary/aromatic N) is 5. The Hall–Kier alpha value is -3.94. The number of para-hydroxylation sites is 2. The van der Waals surface area contributed by atoms with Crippen LogP contribution in [-0.4, -0.2) is 38.3 Å². The van der Waals surface area contributed by atoms with Gasteiger partial charge in [-0.1, -0.05) is 44.7 Å². The molecular formula is C27H29N5O3. The van der Waals surface area contributed by atoms with Crippen LogP contribution >= 0.6 is 0 Å². The SMILES string of the molecule is CCCCCCCn1cnc2c(c1=O)c1nc3ccccc3nc1n2-c1cc(OC)ccc1OC. The lowest BCUT2D eigenvalue weighted by molar-refractivity contribution is 0.402. The summed E-state index contributed by atoms with van der Waals surface area (Å²) in [4.78, 5) is 28.2. The van der Waals surface area contributed by atoms with Gasteiger partial charge in [0.2, 0.25) is 0 Å². The Morgan fingerprint density at radius 1 is 0.886 bits per heavy atom. The number of hydrogen-bond acceptors (Lipinski definition) is 6. The summed E-state index contributed by atoms with van der Waals surface area (Å²) < 4.78 is 14.7. The minimum Gasteiger partial charge on any atom is -0.497 e. The molecule has 0 amide bonds. The Morgan fingerprint density at radius 3 is 2.40 bits per heavy atom. The third-order valence-corrected chi connectivity index (χ3v) is 6.36. The summed E-state index contributed by atoms with van der Waals surface area (Å²) in [7, 11) is 3.22. The van der Waals surface area contributed by atoms with E-state index in [1.807, 2.05) is 47.0 Å². The van der Waals surface area contributed by atoms with Gasteiger partial charge in [0.1, 0.15) is 22.4 Å². The van der Waals surface area contributed by atoms with Crippen molar-refractivity contribution >= 4 is 33.2 Å². The molecule has 0 radical (unpaired) electrons. The number of methoxy groups -OCH3 is 2. The summed E-state index contributed by atoms with van der Waals surface area (Å²) in [5.74, 6) is 1.27.